The lowest BCUT2D eigenvalue weighted by molar-refractivity contribution is -0.119. The van der Waals surface area contributed by atoms with Gasteiger partial charge >= 0.3 is 0 Å². The first-order valence-corrected chi connectivity index (χ1v) is 5.41. The van der Waals surface area contributed by atoms with Crippen molar-refractivity contribution in [2.45, 2.75) is 25.7 Å². The van der Waals surface area contributed by atoms with Crippen LogP contribution in [0.4, 0.5) is 0 Å². The molecule has 1 aromatic heterocycles. The van der Waals surface area contributed by atoms with Gasteiger partial charge in [0.25, 0.3) is 0 Å². The highest BCUT2D eigenvalue weighted by Crippen LogP contribution is 2.24. The Bertz CT molecular complexity index is 334. The largest absolute Gasteiger partial charge is 0.345 e. The van der Waals surface area contributed by atoms with Crippen LogP contribution in [0.25, 0.3) is 0 Å². The maximum Gasteiger partial charge on any atom is 0.209 e. The molecule has 0 N–H and O–H groups in total. The Morgan fingerprint density at radius 2 is 2.40 bits per heavy atom. The number of rotatable bonds is 2. The van der Waals surface area contributed by atoms with Crippen LogP contribution in [0.1, 0.15) is 30.0 Å². The molecular formula is C12H16N2O. The first-order valence-electron chi connectivity index (χ1n) is 5.41. The minimum Gasteiger partial charge on any atom is -0.345 e. The van der Waals surface area contributed by atoms with Crippen molar-refractivity contribution in [3.05, 3.63) is 29.6 Å². The summed E-state index contributed by atoms with van der Waals surface area (Å²) in [4.78, 5) is 17.0. The second-order valence-electron chi connectivity index (χ2n) is 4.20. The molecule has 2 heterocycles. The number of likely N-dealkylation sites (tertiary alicyclic amines) is 1. The van der Waals surface area contributed by atoms with E-state index in [4.69, 9.17) is 0 Å². The van der Waals surface area contributed by atoms with Crippen LogP contribution in [0.15, 0.2) is 18.3 Å². The lowest BCUT2D eigenvalue weighted by Gasteiger charge is -2.29. The number of aryl methyl sites for hydroxylation is 1. The number of carbonyl (C=O) groups excluding carboxylic acids is 1. The summed E-state index contributed by atoms with van der Waals surface area (Å²) < 4.78 is 0. The van der Waals surface area contributed by atoms with Crippen molar-refractivity contribution >= 4 is 6.41 Å². The molecule has 3 heteroatoms. The fourth-order valence-electron chi connectivity index (χ4n) is 2.06. The minimum absolute atomic E-state index is 0.421. The van der Waals surface area contributed by atoms with E-state index in [2.05, 4.69) is 17.1 Å². The number of piperidine rings is 1. The molecule has 0 saturated carbocycles. The molecule has 1 unspecified atom stereocenters. The zero-order chi connectivity index (χ0) is 10.7. The third-order valence-corrected chi connectivity index (χ3v) is 2.95. The van der Waals surface area contributed by atoms with E-state index < -0.39 is 0 Å². The standard InChI is InChI=1S/C12H16N2O/c1-10-4-5-12(13-7-10)11-3-2-6-14(8-11)9-15/h4-5,7,9,11H,2-3,6,8H2,1H3. The normalized spacial score (nSPS) is 21.4. The van der Waals surface area contributed by atoms with Crippen LogP contribution in [0, 0.1) is 6.92 Å². The maximum atomic E-state index is 10.7. The molecule has 80 valence electrons. The van der Waals surface area contributed by atoms with Crippen molar-refractivity contribution in [1.82, 2.24) is 9.88 Å². The fourth-order valence-corrected chi connectivity index (χ4v) is 2.06. The molecule has 1 atom stereocenters. The average Bonchev–Trinajstić information content (AvgIpc) is 2.30. The van der Waals surface area contributed by atoms with Gasteiger partial charge in [-0.2, -0.15) is 0 Å². The van der Waals surface area contributed by atoms with E-state index in [1.165, 1.54) is 5.56 Å². The Labute approximate surface area is 90.1 Å². The van der Waals surface area contributed by atoms with Gasteiger partial charge in [-0.05, 0) is 31.4 Å². The van der Waals surface area contributed by atoms with Crippen LogP contribution in [0.2, 0.25) is 0 Å². The lowest BCUT2D eigenvalue weighted by atomic mass is 9.94. The Morgan fingerprint density at radius 3 is 3.07 bits per heavy atom. The predicted molar refractivity (Wildman–Crippen MR) is 58.6 cm³/mol. The maximum absolute atomic E-state index is 10.7. The van der Waals surface area contributed by atoms with Crippen LogP contribution in [-0.2, 0) is 4.79 Å². The van der Waals surface area contributed by atoms with E-state index in [1.54, 1.807) is 0 Å². The van der Waals surface area contributed by atoms with E-state index in [1.807, 2.05) is 18.0 Å². The summed E-state index contributed by atoms with van der Waals surface area (Å²) in [5.74, 6) is 0.421. The van der Waals surface area contributed by atoms with E-state index in [9.17, 15) is 4.79 Å². The van der Waals surface area contributed by atoms with Crippen molar-refractivity contribution in [3.8, 4) is 0 Å². The van der Waals surface area contributed by atoms with Crippen LogP contribution < -0.4 is 0 Å². The molecule has 0 radical (unpaired) electrons. The first-order chi connectivity index (χ1) is 7.29. The Balaban J connectivity index is 2.09. The van der Waals surface area contributed by atoms with E-state index >= 15 is 0 Å². The SMILES string of the molecule is Cc1ccc(C2CCCN(C=O)C2)nc1. The zero-order valence-electron chi connectivity index (χ0n) is 9.02. The van der Waals surface area contributed by atoms with Gasteiger partial charge in [0.1, 0.15) is 0 Å². The summed E-state index contributed by atoms with van der Waals surface area (Å²) in [6.07, 6.45) is 5.06. The molecule has 1 amide bonds. The number of nitrogens with zero attached hydrogens (tertiary/aromatic N) is 2. The molecule has 1 saturated heterocycles. The third kappa shape index (κ3) is 2.35. The highest BCUT2D eigenvalue weighted by Gasteiger charge is 2.20. The van der Waals surface area contributed by atoms with Crippen LogP contribution in [0.3, 0.4) is 0 Å². The highest BCUT2D eigenvalue weighted by atomic mass is 16.1. The number of hydrogen-bond acceptors (Lipinski definition) is 2. The summed E-state index contributed by atoms with van der Waals surface area (Å²) in [7, 11) is 0. The smallest absolute Gasteiger partial charge is 0.209 e. The third-order valence-electron chi connectivity index (χ3n) is 2.95. The van der Waals surface area contributed by atoms with Gasteiger partial charge in [0.15, 0.2) is 0 Å². The predicted octanol–water partition coefficient (Wildman–Crippen LogP) is 1.73. The van der Waals surface area contributed by atoms with Crippen LogP contribution in [-0.4, -0.2) is 29.4 Å². The molecule has 0 aromatic carbocycles. The van der Waals surface area contributed by atoms with Crippen molar-refractivity contribution in [2.24, 2.45) is 0 Å². The Kier molecular flexibility index (Phi) is 2.99. The van der Waals surface area contributed by atoms with Crippen molar-refractivity contribution in [2.75, 3.05) is 13.1 Å². The molecular weight excluding hydrogens is 188 g/mol. The van der Waals surface area contributed by atoms with Gasteiger partial charge in [0.2, 0.25) is 6.41 Å². The fraction of sp³-hybridized carbons (Fsp3) is 0.500. The quantitative estimate of drug-likeness (QED) is 0.687. The van der Waals surface area contributed by atoms with Crippen LogP contribution >= 0.6 is 0 Å². The second kappa shape index (κ2) is 4.43. The molecule has 0 spiro atoms. The monoisotopic (exact) mass is 204 g/mol. The molecule has 0 bridgehead atoms. The van der Waals surface area contributed by atoms with E-state index in [-0.39, 0.29) is 0 Å². The highest BCUT2D eigenvalue weighted by molar-refractivity contribution is 5.47. The minimum atomic E-state index is 0.421. The van der Waals surface area contributed by atoms with Gasteiger partial charge in [-0.25, -0.2) is 0 Å². The molecule has 3 nitrogen and oxygen atoms in total. The topological polar surface area (TPSA) is 33.2 Å². The summed E-state index contributed by atoms with van der Waals surface area (Å²) >= 11 is 0. The van der Waals surface area contributed by atoms with Gasteiger partial charge in [-0.1, -0.05) is 6.07 Å². The second-order valence-corrected chi connectivity index (χ2v) is 4.20. The Morgan fingerprint density at radius 1 is 1.53 bits per heavy atom. The number of pyridine rings is 1. The van der Waals surface area contributed by atoms with E-state index in [0.717, 1.165) is 38.0 Å². The van der Waals surface area contributed by atoms with Gasteiger partial charge in [0, 0.05) is 30.9 Å². The van der Waals surface area contributed by atoms with Crippen molar-refractivity contribution < 1.29 is 4.79 Å². The van der Waals surface area contributed by atoms with Crippen molar-refractivity contribution in [1.29, 1.82) is 0 Å². The molecule has 1 aromatic rings. The van der Waals surface area contributed by atoms with Gasteiger partial charge < -0.3 is 4.90 Å². The summed E-state index contributed by atoms with van der Waals surface area (Å²) in [5, 5.41) is 0. The lowest BCUT2D eigenvalue weighted by Crippen LogP contribution is -2.33. The Hall–Kier alpha value is -1.38. The number of hydrogen-bond donors (Lipinski definition) is 0. The molecule has 0 aliphatic carbocycles. The number of carbonyl (C=O) groups is 1. The molecule has 1 aliphatic heterocycles. The van der Waals surface area contributed by atoms with Gasteiger partial charge in [-0.3, -0.25) is 9.78 Å². The van der Waals surface area contributed by atoms with Crippen LogP contribution in [0.5, 0.6) is 0 Å². The number of aromatic nitrogens is 1. The summed E-state index contributed by atoms with van der Waals surface area (Å²) in [5.41, 5.74) is 2.30. The molecule has 1 aliphatic rings. The first kappa shape index (κ1) is 10.1. The summed E-state index contributed by atoms with van der Waals surface area (Å²) in [6.45, 7) is 3.75. The van der Waals surface area contributed by atoms with E-state index in [0.29, 0.717) is 5.92 Å². The molecule has 1 fully saturated rings. The van der Waals surface area contributed by atoms with Gasteiger partial charge in [-0.15, -0.1) is 0 Å². The zero-order valence-corrected chi connectivity index (χ0v) is 9.02. The summed E-state index contributed by atoms with van der Waals surface area (Å²) in [6, 6.07) is 4.16. The molecule has 2 rings (SSSR count). The molecule has 15 heavy (non-hydrogen) atoms. The van der Waals surface area contributed by atoms with Gasteiger partial charge in [0.05, 0.1) is 0 Å². The van der Waals surface area contributed by atoms with Crippen molar-refractivity contribution in [3.63, 3.8) is 0 Å². The number of amides is 1. The average molecular weight is 204 g/mol.